The van der Waals surface area contributed by atoms with Crippen molar-refractivity contribution in [3.8, 4) is 56.7 Å². The molecule has 0 fully saturated rings. The Hall–Kier alpha value is -8.61. The maximum atomic E-state index is 7.09. The standard InChI is InChI=1S/C57H35N5O/c1-5-18-36(19-6-1)40-32-33-48(62-47-30-16-14-27-42(47)45-34-44-41-26-13-15-29-46(41)61(49(44)35-50(45)62)39-24-11-4-12-25-39)53-52-43(28-17-31-51(52)63-54(40)53)57-59-55(37-20-7-2-8-21-37)58-56(60-57)38-22-9-3-10-23-38/h1-35H. The minimum absolute atomic E-state index is 0.573. The molecule has 6 heteroatoms. The molecule has 9 aromatic carbocycles. The zero-order valence-corrected chi connectivity index (χ0v) is 33.9. The summed E-state index contributed by atoms with van der Waals surface area (Å²) >= 11 is 0. The second-order valence-corrected chi connectivity index (χ2v) is 15.9. The molecule has 0 saturated heterocycles. The quantitative estimate of drug-likeness (QED) is 0.168. The Morgan fingerprint density at radius 1 is 0.333 bits per heavy atom. The summed E-state index contributed by atoms with van der Waals surface area (Å²) < 4.78 is 11.9. The lowest BCUT2D eigenvalue weighted by atomic mass is 9.98. The molecule has 0 N–H and O–H groups in total. The van der Waals surface area contributed by atoms with Gasteiger partial charge in [0, 0.05) is 54.9 Å². The molecule has 0 radical (unpaired) electrons. The number of nitrogens with zero attached hydrogens (tertiary/aromatic N) is 5. The third-order valence-electron chi connectivity index (χ3n) is 12.4. The van der Waals surface area contributed by atoms with Gasteiger partial charge in [0.05, 0.1) is 33.1 Å². The normalized spacial score (nSPS) is 11.8. The molecule has 4 aromatic heterocycles. The van der Waals surface area contributed by atoms with Crippen LogP contribution in [0.2, 0.25) is 0 Å². The van der Waals surface area contributed by atoms with E-state index in [4.69, 9.17) is 19.4 Å². The van der Waals surface area contributed by atoms with Gasteiger partial charge >= 0.3 is 0 Å². The van der Waals surface area contributed by atoms with Gasteiger partial charge in [-0.2, -0.15) is 0 Å². The van der Waals surface area contributed by atoms with Crippen LogP contribution in [0.1, 0.15) is 0 Å². The van der Waals surface area contributed by atoms with Crippen LogP contribution in [0.15, 0.2) is 217 Å². The van der Waals surface area contributed by atoms with Crippen molar-refractivity contribution in [2.24, 2.45) is 0 Å². The van der Waals surface area contributed by atoms with E-state index in [9.17, 15) is 0 Å². The lowest BCUT2D eigenvalue weighted by Crippen LogP contribution is -2.01. The summed E-state index contributed by atoms with van der Waals surface area (Å²) in [6, 6.07) is 74.3. The van der Waals surface area contributed by atoms with E-state index < -0.39 is 0 Å². The predicted molar refractivity (Wildman–Crippen MR) is 258 cm³/mol. The van der Waals surface area contributed by atoms with E-state index in [1.54, 1.807) is 0 Å². The van der Waals surface area contributed by atoms with Gasteiger partial charge in [-0.15, -0.1) is 0 Å². The minimum Gasteiger partial charge on any atom is -0.455 e. The van der Waals surface area contributed by atoms with Crippen molar-refractivity contribution in [2.45, 2.75) is 0 Å². The summed E-state index contributed by atoms with van der Waals surface area (Å²) in [5, 5.41) is 6.71. The van der Waals surface area contributed by atoms with Crippen LogP contribution < -0.4 is 0 Å². The van der Waals surface area contributed by atoms with E-state index in [1.807, 2.05) is 66.7 Å². The van der Waals surface area contributed by atoms with Crippen molar-refractivity contribution in [1.82, 2.24) is 24.1 Å². The maximum absolute atomic E-state index is 7.09. The van der Waals surface area contributed by atoms with Gasteiger partial charge in [-0.3, -0.25) is 0 Å². The summed E-state index contributed by atoms with van der Waals surface area (Å²) in [7, 11) is 0. The van der Waals surface area contributed by atoms with E-state index in [0.29, 0.717) is 17.5 Å². The van der Waals surface area contributed by atoms with Gasteiger partial charge in [-0.25, -0.2) is 15.0 Å². The fourth-order valence-electron chi connectivity index (χ4n) is 9.60. The topological polar surface area (TPSA) is 61.7 Å². The number of hydrogen-bond acceptors (Lipinski definition) is 4. The van der Waals surface area contributed by atoms with E-state index in [0.717, 1.165) is 77.7 Å². The zero-order valence-electron chi connectivity index (χ0n) is 33.9. The van der Waals surface area contributed by atoms with Crippen LogP contribution in [0.3, 0.4) is 0 Å². The van der Waals surface area contributed by atoms with Crippen molar-refractivity contribution in [3.05, 3.63) is 212 Å². The molecule has 0 bridgehead atoms. The Balaban J connectivity index is 1.16. The van der Waals surface area contributed by atoms with Gasteiger partial charge in [0.1, 0.15) is 11.2 Å². The van der Waals surface area contributed by atoms with Crippen LogP contribution >= 0.6 is 0 Å². The minimum atomic E-state index is 0.573. The van der Waals surface area contributed by atoms with Crippen molar-refractivity contribution >= 4 is 65.6 Å². The molecule has 0 unspecified atom stereocenters. The first-order valence-corrected chi connectivity index (χ1v) is 21.2. The first-order chi connectivity index (χ1) is 31.3. The Morgan fingerprint density at radius 2 is 0.857 bits per heavy atom. The van der Waals surface area contributed by atoms with Crippen LogP contribution in [0.4, 0.5) is 0 Å². The fraction of sp³-hybridized carbons (Fsp3) is 0. The number of para-hydroxylation sites is 3. The first-order valence-electron chi connectivity index (χ1n) is 21.2. The number of benzene rings is 9. The van der Waals surface area contributed by atoms with Crippen LogP contribution in [0.25, 0.3) is 122 Å². The highest BCUT2D eigenvalue weighted by atomic mass is 16.3. The molecule has 6 nitrogen and oxygen atoms in total. The average Bonchev–Trinajstić information content (AvgIpc) is 4.02. The fourth-order valence-corrected chi connectivity index (χ4v) is 9.60. The lowest BCUT2D eigenvalue weighted by molar-refractivity contribution is 0.670. The van der Waals surface area contributed by atoms with Crippen LogP contribution in [0.5, 0.6) is 0 Å². The highest BCUT2D eigenvalue weighted by Gasteiger charge is 2.25. The summed E-state index contributed by atoms with van der Waals surface area (Å²) in [6.45, 7) is 0. The van der Waals surface area contributed by atoms with E-state index in [1.165, 1.54) is 27.1 Å². The van der Waals surface area contributed by atoms with Crippen LogP contribution in [-0.4, -0.2) is 24.1 Å². The van der Waals surface area contributed by atoms with Crippen molar-refractivity contribution in [3.63, 3.8) is 0 Å². The molecule has 0 aliphatic heterocycles. The predicted octanol–water partition coefficient (Wildman–Crippen LogP) is 14.6. The van der Waals surface area contributed by atoms with Gasteiger partial charge in [0.25, 0.3) is 0 Å². The summed E-state index contributed by atoms with van der Waals surface area (Å²) in [5.41, 5.74) is 13.0. The monoisotopic (exact) mass is 805 g/mol. The molecule has 13 rings (SSSR count). The van der Waals surface area contributed by atoms with Crippen molar-refractivity contribution in [2.75, 3.05) is 0 Å². The van der Waals surface area contributed by atoms with Gasteiger partial charge in [0.15, 0.2) is 17.5 Å². The highest BCUT2D eigenvalue weighted by Crippen LogP contribution is 2.46. The smallest absolute Gasteiger partial charge is 0.164 e. The van der Waals surface area contributed by atoms with Gasteiger partial charge in [-0.05, 0) is 60.2 Å². The van der Waals surface area contributed by atoms with Crippen molar-refractivity contribution < 1.29 is 4.42 Å². The van der Waals surface area contributed by atoms with Crippen LogP contribution in [0, 0.1) is 0 Å². The molecular formula is C57H35N5O. The molecule has 0 atom stereocenters. The van der Waals surface area contributed by atoms with Crippen molar-refractivity contribution in [1.29, 1.82) is 0 Å². The number of furan rings is 1. The molecule has 0 aliphatic rings. The molecule has 0 spiro atoms. The molecular weight excluding hydrogens is 771 g/mol. The first kappa shape index (κ1) is 35.2. The van der Waals surface area contributed by atoms with Gasteiger partial charge < -0.3 is 13.6 Å². The largest absolute Gasteiger partial charge is 0.455 e. The number of hydrogen-bond donors (Lipinski definition) is 0. The third kappa shape index (κ3) is 5.48. The van der Waals surface area contributed by atoms with Crippen LogP contribution in [-0.2, 0) is 0 Å². The van der Waals surface area contributed by atoms with E-state index >= 15 is 0 Å². The Kier molecular flexibility index (Phi) is 7.80. The average molecular weight is 806 g/mol. The number of fused-ring (bicyclic) bond motifs is 9. The summed E-state index contributed by atoms with van der Waals surface area (Å²) in [4.78, 5) is 15.5. The molecule has 0 aliphatic carbocycles. The Bertz CT molecular complexity index is 3830. The number of aromatic nitrogens is 5. The second kappa shape index (κ2) is 14.0. The molecule has 294 valence electrons. The Labute approximate surface area is 361 Å². The van der Waals surface area contributed by atoms with E-state index in [-0.39, 0.29) is 0 Å². The van der Waals surface area contributed by atoms with Gasteiger partial charge in [-0.1, -0.05) is 158 Å². The molecule has 0 amide bonds. The second-order valence-electron chi connectivity index (χ2n) is 15.9. The maximum Gasteiger partial charge on any atom is 0.164 e. The highest BCUT2D eigenvalue weighted by molar-refractivity contribution is 6.22. The summed E-state index contributed by atoms with van der Waals surface area (Å²) in [5.74, 6) is 1.78. The third-order valence-corrected chi connectivity index (χ3v) is 12.4. The molecule has 63 heavy (non-hydrogen) atoms. The Morgan fingerprint density at radius 3 is 1.49 bits per heavy atom. The summed E-state index contributed by atoms with van der Waals surface area (Å²) in [6.07, 6.45) is 0. The van der Waals surface area contributed by atoms with E-state index in [2.05, 4.69) is 155 Å². The molecule has 13 aromatic rings. The lowest BCUT2D eigenvalue weighted by Gasteiger charge is -2.14. The molecule has 4 heterocycles. The SMILES string of the molecule is c1ccc(-c2nc(-c3ccccc3)nc(-c3cccc4oc5c(-c6ccccc6)ccc(-n6c7ccccc7c7cc8c9ccccc9n(-c9ccccc9)c8cc76)c5c34)n2)cc1. The molecule has 0 saturated carbocycles. The van der Waals surface area contributed by atoms with Gasteiger partial charge in [0.2, 0.25) is 0 Å². The zero-order chi connectivity index (χ0) is 41.4. The number of rotatable bonds is 6.